The summed E-state index contributed by atoms with van der Waals surface area (Å²) in [5.74, 6) is 0.597. The summed E-state index contributed by atoms with van der Waals surface area (Å²) >= 11 is 1.46. The fraction of sp³-hybridized carbons (Fsp3) is 0.125. The van der Waals surface area contributed by atoms with Gasteiger partial charge in [-0.05, 0) is 29.7 Å². The second kappa shape index (κ2) is 7.29. The van der Waals surface area contributed by atoms with Gasteiger partial charge in [0.05, 0.1) is 14.2 Å². The van der Waals surface area contributed by atoms with Crippen LogP contribution in [0, 0.1) is 11.3 Å². The molecule has 0 saturated heterocycles. The SMILES string of the molecule is COc1ccc(NC(=O)/C(C#N)=C/c2cccs2)cc1OC. The fourth-order valence-electron chi connectivity index (χ4n) is 1.78. The first-order chi connectivity index (χ1) is 10.7. The van der Waals surface area contributed by atoms with E-state index in [1.165, 1.54) is 25.6 Å². The van der Waals surface area contributed by atoms with Crippen molar-refractivity contribution in [2.45, 2.75) is 0 Å². The molecule has 1 heterocycles. The molecule has 112 valence electrons. The molecular formula is C16H14N2O3S. The average molecular weight is 314 g/mol. The Bertz CT molecular complexity index is 730. The highest BCUT2D eigenvalue weighted by Gasteiger charge is 2.11. The van der Waals surface area contributed by atoms with Gasteiger partial charge < -0.3 is 14.8 Å². The molecule has 0 radical (unpaired) electrons. The number of carbonyl (C=O) groups is 1. The van der Waals surface area contributed by atoms with Gasteiger partial charge in [-0.15, -0.1) is 11.3 Å². The molecule has 0 spiro atoms. The van der Waals surface area contributed by atoms with Crippen LogP contribution in [0.2, 0.25) is 0 Å². The van der Waals surface area contributed by atoms with E-state index in [1.807, 2.05) is 23.6 Å². The minimum absolute atomic E-state index is 0.0391. The summed E-state index contributed by atoms with van der Waals surface area (Å²) in [5.41, 5.74) is 0.562. The molecule has 5 nitrogen and oxygen atoms in total. The Hall–Kier alpha value is -2.78. The molecule has 0 unspecified atom stereocenters. The summed E-state index contributed by atoms with van der Waals surface area (Å²) in [7, 11) is 3.05. The topological polar surface area (TPSA) is 71.3 Å². The lowest BCUT2D eigenvalue weighted by Gasteiger charge is -2.10. The first-order valence-electron chi connectivity index (χ1n) is 6.36. The van der Waals surface area contributed by atoms with Crippen LogP contribution in [-0.2, 0) is 4.79 Å². The van der Waals surface area contributed by atoms with E-state index in [9.17, 15) is 4.79 Å². The zero-order chi connectivity index (χ0) is 15.9. The summed E-state index contributed by atoms with van der Waals surface area (Å²) in [6, 6.07) is 10.6. The highest BCUT2D eigenvalue weighted by Crippen LogP contribution is 2.29. The van der Waals surface area contributed by atoms with Crippen molar-refractivity contribution in [1.29, 1.82) is 5.26 Å². The number of amides is 1. The van der Waals surface area contributed by atoms with Gasteiger partial charge in [0.1, 0.15) is 11.6 Å². The molecule has 0 fully saturated rings. The molecule has 22 heavy (non-hydrogen) atoms. The Labute approximate surface area is 132 Å². The van der Waals surface area contributed by atoms with Crippen LogP contribution in [0.15, 0.2) is 41.3 Å². The Morgan fingerprint density at radius 1 is 1.27 bits per heavy atom. The third-order valence-corrected chi connectivity index (χ3v) is 3.66. The van der Waals surface area contributed by atoms with Crippen molar-refractivity contribution in [3.8, 4) is 17.6 Å². The number of nitrogens with one attached hydrogen (secondary N) is 1. The van der Waals surface area contributed by atoms with E-state index in [0.29, 0.717) is 17.2 Å². The quantitative estimate of drug-likeness (QED) is 0.679. The van der Waals surface area contributed by atoms with Gasteiger partial charge in [-0.2, -0.15) is 5.26 Å². The van der Waals surface area contributed by atoms with Crippen molar-refractivity contribution in [2.24, 2.45) is 0 Å². The number of hydrogen-bond donors (Lipinski definition) is 1. The van der Waals surface area contributed by atoms with Crippen molar-refractivity contribution in [2.75, 3.05) is 19.5 Å². The van der Waals surface area contributed by atoms with E-state index >= 15 is 0 Å². The summed E-state index contributed by atoms with van der Waals surface area (Å²) in [6.07, 6.45) is 1.56. The lowest BCUT2D eigenvalue weighted by atomic mass is 10.2. The number of methoxy groups -OCH3 is 2. The standard InChI is InChI=1S/C16H14N2O3S/c1-20-14-6-5-12(9-15(14)21-2)18-16(19)11(10-17)8-13-4-3-7-22-13/h3-9H,1-2H3,(H,18,19)/b11-8+. The predicted molar refractivity (Wildman–Crippen MR) is 86.1 cm³/mol. The van der Waals surface area contributed by atoms with Gasteiger partial charge in [0.2, 0.25) is 0 Å². The van der Waals surface area contributed by atoms with Crippen LogP contribution in [0.3, 0.4) is 0 Å². The molecule has 1 N–H and O–H groups in total. The van der Waals surface area contributed by atoms with E-state index in [1.54, 1.807) is 24.3 Å². The molecule has 1 amide bonds. The molecule has 0 aliphatic carbocycles. The number of benzene rings is 1. The number of nitrogens with zero attached hydrogens (tertiary/aromatic N) is 1. The van der Waals surface area contributed by atoms with Gasteiger partial charge in [-0.25, -0.2) is 0 Å². The fourth-order valence-corrected chi connectivity index (χ4v) is 2.43. The first kappa shape index (κ1) is 15.6. The van der Waals surface area contributed by atoms with Crippen molar-refractivity contribution in [3.63, 3.8) is 0 Å². The minimum Gasteiger partial charge on any atom is -0.493 e. The summed E-state index contributed by atoms with van der Waals surface area (Å²) < 4.78 is 10.3. The van der Waals surface area contributed by atoms with E-state index in [2.05, 4.69) is 5.32 Å². The molecule has 2 aromatic rings. The predicted octanol–water partition coefficient (Wildman–Crippen LogP) is 3.31. The van der Waals surface area contributed by atoms with E-state index in [4.69, 9.17) is 14.7 Å². The van der Waals surface area contributed by atoms with Gasteiger partial charge in [-0.1, -0.05) is 6.07 Å². The van der Waals surface area contributed by atoms with Crippen LogP contribution in [0.25, 0.3) is 6.08 Å². The van der Waals surface area contributed by atoms with Gasteiger partial charge >= 0.3 is 0 Å². The second-order valence-electron chi connectivity index (χ2n) is 4.21. The summed E-state index contributed by atoms with van der Waals surface area (Å²) in [6.45, 7) is 0. The molecular weight excluding hydrogens is 300 g/mol. The molecule has 1 aromatic carbocycles. The van der Waals surface area contributed by atoms with Crippen molar-refractivity contribution < 1.29 is 14.3 Å². The third kappa shape index (κ3) is 3.65. The number of nitriles is 1. The normalized spacial score (nSPS) is 10.7. The maximum Gasteiger partial charge on any atom is 0.266 e. The highest BCUT2D eigenvalue weighted by molar-refractivity contribution is 7.10. The highest BCUT2D eigenvalue weighted by atomic mass is 32.1. The Morgan fingerprint density at radius 3 is 2.64 bits per heavy atom. The molecule has 1 aromatic heterocycles. The van der Waals surface area contributed by atoms with Crippen molar-refractivity contribution in [1.82, 2.24) is 0 Å². The zero-order valence-electron chi connectivity index (χ0n) is 12.1. The average Bonchev–Trinajstić information content (AvgIpc) is 3.05. The zero-order valence-corrected chi connectivity index (χ0v) is 12.9. The number of ether oxygens (including phenoxy) is 2. The van der Waals surface area contributed by atoms with Crippen LogP contribution in [0.5, 0.6) is 11.5 Å². The van der Waals surface area contributed by atoms with Gasteiger partial charge in [-0.3, -0.25) is 4.79 Å². The van der Waals surface area contributed by atoms with Gasteiger partial charge in [0.25, 0.3) is 5.91 Å². The third-order valence-electron chi connectivity index (χ3n) is 2.84. The first-order valence-corrected chi connectivity index (χ1v) is 7.24. The lowest BCUT2D eigenvalue weighted by molar-refractivity contribution is -0.112. The van der Waals surface area contributed by atoms with Crippen LogP contribution < -0.4 is 14.8 Å². The second-order valence-corrected chi connectivity index (χ2v) is 5.19. The lowest BCUT2D eigenvalue weighted by Crippen LogP contribution is -2.13. The number of hydrogen-bond acceptors (Lipinski definition) is 5. The van der Waals surface area contributed by atoms with E-state index < -0.39 is 5.91 Å². The van der Waals surface area contributed by atoms with Crippen LogP contribution in [0.1, 0.15) is 4.88 Å². The molecule has 2 rings (SSSR count). The summed E-state index contributed by atoms with van der Waals surface area (Å²) in [4.78, 5) is 13.0. The summed E-state index contributed by atoms with van der Waals surface area (Å²) in [5, 5.41) is 13.7. The molecule has 0 bridgehead atoms. The monoisotopic (exact) mass is 314 g/mol. The number of rotatable bonds is 5. The van der Waals surface area contributed by atoms with Gasteiger partial charge in [0.15, 0.2) is 11.5 Å². The van der Waals surface area contributed by atoms with Crippen LogP contribution in [0.4, 0.5) is 5.69 Å². The smallest absolute Gasteiger partial charge is 0.266 e. The Morgan fingerprint density at radius 2 is 2.05 bits per heavy atom. The number of anilines is 1. The Kier molecular flexibility index (Phi) is 5.17. The molecule has 0 aliphatic rings. The van der Waals surface area contributed by atoms with E-state index in [0.717, 1.165) is 4.88 Å². The van der Waals surface area contributed by atoms with Crippen LogP contribution in [-0.4, -0.2) is 20.1 Å². The van der Waals surface area contributed by atoms with E-state index in [-0.39, 0.29) is 5.57 Å². The molecule has 0 aliphatic heterocycles. The Balaban J connectivity index is 2.19. The molecule has 0 atom stereocenters. The minimum atomic E-state index is -0.469. The maximum absolute atomic E-state index is 12.2. The number of thiophene rings is 1. The largest absolute Gasteiger partial charge is 0.493 e. The van der Waals surface area contributed by atoms with Crippen LogP contribution >= 0.6 is 11.3 Å². The van der Waals surface area contributed by atoms with Crippen molar-refractivity contribution >= 4 is 29.0 Å². The maximum atomic E-state index is 12.2. The number of carbonyl (C=O) groups excluding carboxylic acids is 1. The van der Waals surface area contributed by atoms with Gasteiger partial charge in [0, 0.05) is 16.6 Å². The molecule has 0 saturated carbocycles. The molecule has 6 heteroatoms. The van der Waals surface area contributed by atoms with Crippen molar-refractivity contribution in [3.05, 3.63) is 46.2 Å².